The fourth-order valence-electron chi connectivity index (χ4n) is 2.43. The van der Waals surface area contributed by atoms with Crippen molar-refractivity contribution in [2.24, 2.45) is 0 Å². The van der Waals surface area contributed by atoms with E-state index in [0.29, 0.717) is 31.8 Å². The van der Waals surface area contributed by atoms with Crippen molar-refractivity contribution in [1.29, 1.82) is 0 Å². The summed E-state index contributed by atoms with van der Waals surface area (Å²) in [6, 6.07) is 12.2. The summed E-state index contributed by atoms with van der Waals surface area (Å²) in [6.45, 7) is 2.74. The Morgan fingerprint density at radius 3 is 2.48 bits per heavy atom. The molecule has 0 spiro atoms. The van der Waals surface area contributed by atoms with E-state index >= 15 is 0 Å². The zero-order valence-electron chi connectivity index (χ0n) is 15.4. The summed E-state index contributed by atoms with van der Waals surface area (Å²) in [6.07, 6.45) is 0. The molecule has 2 N–H and O–H groups in total. The second-order valence-corrected chi connectivity index (χ2v) is 5.89. The number of amides is 1. The Morgan fingerprint density at radius 2 is 1.81 bits per heavy atom. The number of rotatable bonds is 10. The van der Waals surface area contributed by atoms with Gasteiger partial charge in [-0.25, -0.2) is 0 Å². The van der Waals surface area contributed by atoms with Gasteiger partial charge < -0.3 is 20.1 Å². The van der Waals surface area contributed by atoms with Crippen molar-refractivity contribution in [3.8, 4) is 11.5 Å². The molecule has 0 heterocycles. The third-order valence-corrected chi connectivity index (χ3v) is 3.75. The predicted octanol–water partition coefficient (Wildman–Crippen LogP) is 3.51. The Balaban J connectivity index is 1.78. The van der Waals surface area contributed by atoms with Crippen molar-refractivity contribution in [1.82, 2.24) is 10.6 Å². The fraction of sp³-hybridized carbons (Fsp3) is 0.350. The molecule has 0 aliphatic rings. The van der Waals surface area contributed by atoms with Crippen LogP contribution in [0.4, 0.5) is 8.78 Å². The minimum absolute atomic E-state index is 0.0148. The molecule has 0 saturated heterocycles. The topological polar surface area (TPSA) is 59.6 Å². The lowest BCUT2D eigenvalue weighted by atomic mass is 10.1. The van der Waals surface area contributed by atoms with Gasteiger partial charge in [-0.3, -0.25) is 4.79 Å². The Hall–Kier alpha value is -2.67. The van der Waals surface area contributed by atoms with E-state index < -0.39 is 6.61 Å². The van der Waals surface area contributed by atoms with Crippen LogP contribution in [0, 0.1) is 6.92 Å². The highest BCUT2D eigenvalue weighted by atomic mass is 19.3. The number of ether oxygens (including phenoxy) is 2. The Kier molecular flexibility index (Phi) is 8.00. The van der Waals surface area contributed by atoms with Crippen molar-refractivity contribution < 1.29 is 23.0 Å². The van der Waals surface area contributed by atoms with Crippen LogP contribution in [0.3, 0.4) is 0 Å². The molecule has 5 nitrogen and oxygen atoms in total. The minimum Gasteiger partial charge on any atom is -0.490 e. The molecule has 2 rings (SSSR count). The molecule has 0 unspecified atom stereocenters. The van der Waals surface area contributed by atoms with E-state index in [0.717, 1.165) is 11.1 Å². The van der Waals surface area contributed by atoms with Gasteiger partial charge in [-0.15, -0.1) is 0 Å². The molecule has 7 heteroatoms. The van der Waals surface area contributed by atoms with Gasteiger partial charge in [-0.1, -0.05) is 23.8 Å². The van der Waals surface area contributed by atoms with Gasteiger partial charge in [-0.05, 0) is 43.7 Å². The average Bonchev–Trinajstić information content (AvgIpc) is 2.63. The molecule has 0 bridgehead atoms. The van der Waals surface area contributed by atoms with Gasteiger partial charge in [0.15, 0.2) is 11.5 Å². The van der Waals surface area contributed by atoms with Crippen LogP contribution in [-0.4, -0.2) is 32.2 Å². The molecule has 1 amide bonds. The van der Waals surface area contributed by atoms with Crippen molar-refractivity contribution in [3.05, 3.63) is 59.2 Å². The molecule has 0 atom stereocenters. The lowest BCUT2D eigenvalue weighted by Crippen LogP contribution is -2.31. The first-order chi connectivity index (χ1) is 13.0. The van der Waals surface area contributed by atoms with Crippen LogP contribution in [0.15, 0.2) is 42.5 Å². The van der Waals surface area contributed by atoms with Crippen LogP contribution < -0.4 is 20.1 Å². The molecule has 0 aliphatic carbocycles. The summed E-state index contributed by atoms with van der Waals surface area (Å²) in [5.41, 5.74) is 2.59. The number of hydrogen-bond acceptors (Lipinski definition) is 4. The monoisotopic (exact) mass is 378 g/mol. The van der Waals surface area contributed by atoms with Gasteiger partial charge in [0, 0.05) is 25.2 Å². The van der Waals surface area contributed by atoms with E-state index in [4.69, 9.17) is 4.74 Å². The maximum absolute atomic E-state index is 12.4. The third kappa shape index (κ3) is 6.86. The van der Waals surface area contributed by atoms with E-state index in [9.17, 15) is 13.6 Å². The SMILES string of the molecule is CCOc1cc(CNCCNC(=O)c2ccc(C)cc2)ccc1OC(F)F. The Labute approximate surface area is 157 Å². The molecule has 146 valence electrons. The number of nitrogens with one attached hydrogen (secondary N) is 2. The largest absolute Gasteiger partial charge is 0.490 e. The standard InChI is InChI=1S/C20H24F2N2O3/c1-3-26-18-12-15(6-9-17(18)27-20(21)22)13-23-10-11-24-19(25)16-7-4-14(2)5-8-16/h4-9,12,20,23H,3,10-11,13H2,1-2H3,(H,24,25). The summed E-state index contributed by atoms with van der Waals surface area (Å²) >= 11 is 0. The van der Waals surface area contributed by atoms with Gasteiger partial charge in [-0.2, -0.15) is 8.78 Å². The number of hydrogen-bond donors (Lipinski definition) is 2. The lowest BCUT2D eigenvalue weighted by molar-refractivity contribution is -0.0514. The summed E-state index contributed by atoms with van der Waals surface area (Å²) in [4.78, 5) is 12.0. The molecule has 27 heavy (non-hydrogen) atoms. The first kappa shape index (κ1) is 20.6. The smallest absolute Gasteiger partial charge is 0.387 e. The summed E-state index contributed by atoms with van der Waals surface area (Å²) in [7, 11) is 0. The summed E-state index contributed by atoms with van der Waals surface area (Å²) < 4.78 is 34.6. The quantitative estimate of drug-likeness (QED) is 0.621. The maximum atomic E-state index is 12.4. The van der Waals surface area contributed by atoms with Gasteiger partial charge in [0.05, 0.1) is 6.61 Å². The van der Waals surface area contributed by atoms with Crippen molar-refractivity contribution in [2.45, 2.75) is 27.0 Å². The molecular formula is C20H24F2N2O3. The highest BCUT2D eigenvalue weighted by Crippen LogP contribution is 2.29. The van der Waals surface area contributed by atoms with E-state index in [1.54, 1.807) is 31.2 Å². The number of carbonyl (C=O) groups is 1. The number of alkyl halides is 2. The van der Waals surface area contributed by atoms with E-state index in [1.165, 1.54) is 6.07 Å². The minimum atomic E-state index is -2.90. The number of benzene rings is 2. The van der Waals surface area contributed by atoms with Crippen molar-refractivity contribution >= 4 is 5.91 Å². The van der Waals surface area contributed by atoms with Gasteiger partial charge in [0.25, 0.3) is 5.91 Å². The third-order valence-electron chi connectivity index (χ3n) is 3.75. The Bertz CT molecular complexity index is 737. The van der Waals surface area contributed by atoms with Crippen LogP contribution >= 0.6 is 0 Å². The van der Waals surface area contributed by atoms with Crippen molar-refractivity contribution in [2.75, 3.05) is 19.7 Å². The molecule has 2 aromatic carbocycles. The predicted molar refractivity (Wildman–Crippen MR) is 99.5 cm³/mol. The number of carbonyl (C=O) groups excluding carboxylic acids is 1. The normalized spacial score (nSPS) is 10.7. The molecule has 0 aromatic heterocycles. The van der Waals surface area contributed by atoms with Crippen LogP contribution in [0.5, 0.6) is 11.5 Å². The first-order valence-electron chi connectivity index (χ1n) is 8.75. The van der Waals surface area contributed by atoms with E-state index in [-0.39, 0.29) is 17.4 Å². The van der Waals surface area contributed by atoms with Crippen LogP contribution in [0.1, 0.15) is 28.4 Å². The second-order valence-electron chi connectivity index (χ2n) is 5.89. The zero-order valence-corrected chi connectivity index (χ0v) is 15.4. The second kappa shape index (κ2) is 10.5. The molecule has 0 saturated carbocycles. The number of aryl methyl sites for hydroxylation is 1. The molecule has 0 aliphatic heterocycles. The van der Waals surface area contributed by atoms with Gasteiger partial charge in [0.2, 0.25) is 0 Å². The van der Waals surface area contributed by atoms with E-state index in [2.05, 4.69) is 15.4 Å². The molecule has 0 fully saturated rings. The van der Waals surface area contributed by atoms with Crippen LogP contribution in [-0.2, 0) is 6.54 Å². The summed E-state index contributed by atoms with van der Waals surface area (Å²) in [5.74, 6) is 0.176. The molecule has 0 radical (unpaired) electrons. The highest BCUT2D eigenvalue weighted by Gasteiger charge is 2.11. The number of halogens is 2. The Morgan fingerprint density at radius 1 is 1.07 bits per heavy atom. The van der Waals surface area contributed by atoms with Crippen molar-refractivity contribution in [3.63, 3.8) is 0 Å². The lowest BCUT2D eigenvalue weighted by Gasteiger charge is -2.13. The zero-order chi connectivity index (χ0) is 19.6. The highest BCUT2D eigenvalue weighted by molar-refractivity contribution is 5.94. The average molecular weight is 378 g/mol. The fourth-order valence-corrected chi connectivity index (χ4v) is 2.43. The van der Waals surface area contributed by atoms with E-state index in [1.807, 2.05) is 19.1 Å². The maximum Gasteiger partial charge on any atom is 0.387 e. The summed E-state index contributed by atoms with van der Waals surface area (Å²) in [5, 5.41) is 6.03. The van der Waals surface area contributed by atoms with Crippen LogP contribution in [0.2, 0.25) is 0 Å². The molecule has 2 aromatic rings. The molecular weight excluding hydrogens is 354 g/mol. The van der Waals surface area contributed by atoms with Gasteiger partial charge >= 0.3 is 6.61 Å². The van der Waals surface area contributed by atoms with Crippen LogP contribution in [0.25, 0.3) is 0 Å². The van der Waals surface area contributed by atoms with Gasteiger partial charge in [0.1, 0.15) is 0 Å². The first-order valence-corrected chi connectivity index (χ1v) is 8.75.